The van der Waals surface area contributed by atoms with Crippen LogP contribution in [-0.4, -0.2) is 66.7 Å². The van der Waals surface area contributed by atoms with Crippen LogP contribution in [0.15, 0.2) is 10.2 Å². The summed E-state index contributed by atoms with van der Waals surface area (Å²) >= 11 is 0. The first-order chi connectivity index (χ1) is 10.9. The van der Waals surface area contributed by atoms with Gasteiger partial charge in [-0.05, 0) is 20.9 Å². The predicted octanol–water partition coefficient (Wildman–Crippen LogP) is 1.48. The van der Waals surface area contributed by atoms with E-state index in [1.165, 1.54) is 0 Å². The Kier molecular flexibility index (Phi) is 5.77. The van der Waals surface area contributed by atoms with Crippen molar-refractivity contribution < 1.29 is 4.79 Å². The molecule has 2 heterocycles. The average Bonchev–Trinajstić information content (AvgIpc) is 3.30. The van der Waals surface area contributed by atoms with Gasteiger partial charge in [-0.3, -0.25) is 9.69 Å². The van der Waals surface area contributed by atoms with Crippen LogP contribution in [0.1, 0.15) is 39.5 Å². The molecule has 1 saturated heterocycles. The molecule has 0 aromatic heterocycles. The van der Waals surface area contributed by atoms with Crippen LogP contribution in [0.3, 0.4) is 0 Å². The van der Waals surface area contributed by atoms with E-state index in [4.69, 9.17) is 6.42 Å². The summed E-state index contributed by atoms with van der Waals surface area (Å²) in [7, 11) is 2.15. The van der Waals surface area contributed by atoms with Gasteiger partial charge in [-0.2, -0.15) is 10.2 Å². The zero-order chi connectivity index (χ0) is 16.9. The minimum absolute atomic E-state index is 0.0214. The first-order valence-corrected chi connectivity index (χ1v) is 8.45. The molecular formula is C17H29N5O. The molecule has 0 bridgehead atoms. The molecule has 6 nitrogen and oxygen atoms in total. The summed E-state index contributed by atoms with van der Waals surface area (Å²) in [4.78, 5) is 16.9. The number of carbonyl (C=O) groups excluding carboxylic acids is 1. The van der Waals surface area contributed by atoms with Crippen LogP contribution in [0, 0.1) is 12.3 Å². The maximum Gasteiger partial charge on any atom is 0.220 e. The van der Waals surface area contributed by atoms with Gasteiger partial charge in [0.25, 0.3) is 0 Å². The second kappa shape index (κ2) is 7.41. The number of rotatable bonds is 8. The largest absolute Gasteiger partial charge is 0.354 e. The number of likely N-dealkylation sites (N-methyl/N-ethyl adjacent to an activating group) is 1. The summed E-state index contributed by atoms with van der Waals surface area (Å²) < 4.78 is 0. The Bertz CT molecular complexity index is 480. The highest BCUT2D eigenvalue weighted by molar-refractivity contribution is 5.76. The minimum Gasteiger partial charge on any atom is -0.354 e. The van der Waals surface area contributed by atoms with Gasteiger partial charge >= 0.3 is 0 Å². The van der Waals surface area contributed by atoms with E-state index in [1.54, 1.807) is 0 Å². The van der Waals surface area contributed by atoms with E-state index in [0.717, 1.165) is 32.6 Å². The molecule has 6 heteroatoms. The fraction of sp³-hybridized carbons (Fsp3) is 0.824. The lowest BCUT2D eigenvalue weighted by atomic mass is 10.00. The maximum absolute atomic E-state index is 12.1. The molecule has 0 aliphatic carbocycles. The monoisotopic (exact) mass is 319 g/mol. The highest BCUT2D eigenvalue weighted by Gasteiger charge is 2.39. The maximum atomic E-state index is 12.1. The second-order valence-corrected chi connectivity index (χ2v) is 7.27. The molecule has 2 aliphatic heterocycles. The summed E-state index contributed by atoms with van der Waals surface area (Å²) in [6, 6.07) is 0. The van der Waals surface area contributed by atoms with E-state index < -0.39 is 0 Å². The summed E-state index contributed by atoms with van der Waals surface area (Å²) in [6.07, 6.45) is 7.80. The van der Waals surface area contributed by atoms with Crippen molar-refractivity contribution in [2.24, 2.45) is 10.2 Å². The molecule has 2 rings (SSSR count). The van der Waals surface area contributed by atoms with Crippen molar-refractivity contribution in [2.45, 2.75) is 50.7 Å². The summed E-state index contributed by atoms with van der Waals surface area (Å²) in [5.41, 5.74) is -0.386. The Balaban J connectivity index is 1.68. The van der Waals surface area contributed by atoms with Crippen LogP contribution >= 0.6 is 0 Å². The molecule has 0 aromatic rings. The fourth-order valence-electron chi connectivity index (χ4n) is 2.91. The first kappa shape index (κ1) is 17.9. The third-order valence-electron chi connectivity index (χ3n) is 4.88. The van der Waals surface area contributed by atoms with E-state index in [1.807, 2.05) is 0 Å². The van der Waals surface area contributed by atoms with E-state index in [-0.39, 0.29) is 17.1 Å². The van der Waals surface area contributed by atoms with Crippen LogP contribution in [0.5, 0.6) is 0 Å². The van der Waals surface area contributed by atoms with Gasteiger partial charge in [0.1, 0.15) is 0 Å². The first-order valence-electron chi connectivity index (χ1n) is 8.45. The lowest BCUT2D eigenvalue weighted by Gasteiger charge is -2.43. The number of nitrogens with one attached hydrogen (secondary N) is 1. The third-order valence-corrected chi connectivity index (χ3v) is 4.88. The van der Waals surface area contributed by atoms with Gasteiger partial charge in [-0.25, -0.2) is 0 Å². The molecule has 0 unspecified atom stereocenters. The Labute approximate surface area is 139 Å². The Hall–Kier alpha value is -1.45. The topological polar surface area (TPSA) is 60.3 Å². The number of piperazine rings is 1. The highest BCUT2D eigenvalue weighted by Crippen LogP contribution is 2.37. The van der Waals surface area contributed by atoms with E-state index in [2.05, 4.69) is 52.2 Å². The lowest BCUT2D eigenvalue weighted by molar-refractivity contribution is -0.122. The normalized spacial score (nSPS) is 21.0. The second-order valence-electron chi connectivity index (χ2n) is 7.27. The highest BCUT2D eigenvalue weighted by atomic mass is 16.1. The Morgan fingerprint density at radius 3 is 2.48 bits per heavy atom. The van der Waals surface area contributed by atoms with Crippen molar-refractivity contribution in [1.82, 2.24) is 15.1 Å². The number of nitrogens with zero attached hydrogens (tertiary/aromatic N) is 4. The molecular weight excluding hydrogens is 290 g/mol. The standard InChI is InChI=1S/C17H29N5O/c1-5-6-8-17(19-20-17)9-7-15(23)18-14-16(2,3)22-12-10-21(4)11-13-22/h1H,6-14H2,2-4H3,(H,18,23). The molecule has 23 heavy (non-hydrogen) atoms. The summed E-state index contributed by atoms with van der Waals surface area (Å²) in [5, 5.41) is 11.2. The SMILES string of the molecule is C#CCCC1(CCC(=O)NCC(C)(C)N2CCN(C)CC2)N=N1. The predicted molar refractivity (Wildman–Crippen MR) is 91.0 cm³/mol. The van der Waals surface area contributed by atoms with Gasteiger partial charge in [0.05, 0.1) is 0 Å². The number of hydrogen-bond acceptors (Lipinski definition) is 5. The van der Waals surface area contributed by atoms with E-state index >= 15 is 0 Å². The molecule has 0 atom stereocenters. The van der Waals surface area contributed by atoms with E-state index in [0.29, 0.717) is 25.8 Å². The van der Waals surface area contributed by atoms with Crippen LogP contribution in [0.2, 0.25) is 0 Å². The zero-order valence-electron chi connectivity index (χ0n) is 14.6. The number of hydrogen-bond donors (Lipinski definition) is 1. The van der Waals surface area contributed by atoms with Crippen LogP contribution in [0.25, 0.3) is 0 Å². The Morgan fingerprint density at radius 1 is 1.26 bits per heavy atom. The van der Waals surface area contributed by atoms with Gasteiger partial charge < -0.3 is 10.2 Å². The van der Waals surface area contributed by atoms with E-state index in [9.17, 15) is 4.79 Å². The molecule has 0 saturated carbocycles. The quantitative estimate of drug-likeness (QED) is 0.690. The van der Waals surface area contributed by atoms with Gasteiger partial charge in [0.15, 0.2) is 5.66 Å². The number of terminal acetylenes is 1. The van der Waals surface area contributed by atoms with Crippen molar-refractivity contribution in [3.63, 3.8) is 0 Å². The zero-order valence-corrected chi connectivity index (χ0v) is 14.6. The molecule has 1 amide bonds. The Morgan fingerprint density at radius 2 is 1.91 bits per heavy atom. The van der Waals surface area contributed by atoms with Gasteiger partial charge in [0, 0.05) is 63.9 Å². The molecule has 1 fully saturated rings. The third kappa shape index (κ3) is 5.29. The summed E-state index contributed by atoms with van der Waals surface area (Å²) in [6.45, 7) is 9.31. The molecule has 2 aliphatic rings. The van der Waals surface area contributed by atoms with Gasteiger partial charge in [-0.1, -0.05) is 0 Å². The summed E-state index contributed by atoms with van der Waals surface area (Å²) in [5.74, 6) is 2.68. The van der Waals surface area contributed by atoms with Crippen LogP contribution < -0.4 is 5.32 Å². The van der Waals surface area contributed by atoms with Crippen molar-refractivity contribution in [2.75, 3.05) is 39.8 Å². The fourth-order valence-corrected chi connectivity index (χ4v) is 2.91. The van der Waals surface area contributed by atoms with Gasteiger partial charge in [-0.15, -0.1) is 12.3 Å². The molecule has 1 N–H and O–H groups in total. The number of amides is 1. The number of carbonyl (C=O) groups is 1. The molecule has 0 aromatic carbocycles. The molecule has 128 valence electrons. The molecule has 0 radical (unpaired) electrons. The van der Waals surface area contributed by atoms with Crippen molar-refractivity contribution in [3.8, 4) is 12.3 Å². The van der Waals surface area contributed by atoms with Crippen LogP contribution in [-0.2, 0) is 4.79 Å². The molecule has 0 spiro atoms. The van der Waals surface area contributed by atoms with Crippen LogP contribution in [0.4, 0.5) is 0 Å². The lowest BCUT2D eigenvalue weighted by Crippen LogP contribution is -2.57. The van der Waals surface area contributed by atoms with Gasteiger partial charge in [0.2, 0.25) is 5.91 Å². The van der Waals surface area contributed by atoms with Crippen molar-refractivity contribution in [1.29, 1.82) is 0 Å². The smallest absolute Gasteiger partial charge is 0.220 e. The minimum atomic E-state index is -0.364. The van der Waals surface area contributed by atoms with Crippen molar-refractivity contribution in [3.05, 3.63) is 0 Å². The van der Waals surface area contributed by atoms with Crippen molar-refractivity contribution >= 4 is 5.91 Å². The average molecular weight is 319 g/mol.